The first-order valence-corrected chi connectivity index (χ1v) is 10.5. The minimum atomic E-state index is -0.585. The van der Waals surface area contributed by atoms with Crippen molar-refractivity contribution in [2.75, 3.05) is 6.61 Å². The van der Waals surface area contributed by atoms with Gasteiger partial charge in [0.1, 0.15) is 6.61 Å². The topological polar surface area (TPSA) is 91.2 Å². The van der Waals surface area contributed by atoms with Crippen LogP contribution in [-0.2, 0) is 20.9 Å². The molecule has 0 aromatic carbocycles. The van der Waals surface area contributed by atoms with Crippen molar-refractivity contribution in [2.45, 2.75) is 98.6 Å². The number of nitrogens with zero attached hydrogens (tertiary/aromatic N) is 4. The number of hydrogen-bond donors (Lipinski definition) is 1. The number of tetrazole rings is 1. The maximum absolute atomic E-state index is 12.3. The molecule has 1 aromatic rings. The molecule has 28 heavy (non-hydrogen) atoms. The van der Waals surface area contributed by atoms with Crippen LogP contribution in [0.25, 0.3) is 0 Å². The molecule has 0 aliphatic heterocycles. The number of nitrogens with one attached hydrogen (secondary N) is 1. The highest BCUT2D eigenvalue weighted by molar-refractivity contribution is 5.75. The summed E-state index contributed by atoms with van der Waals surface area (Å²) in [6, 6.07) is 0.867. The van der Waals surface area contributed by atoms with Gasteiger partial charge < -0.3 is 14.8 Å². The summed E-state index contributed by atoms with van der Waals surface area (Å²) in [5.74, 6) is 0.310. The Labute approximate surface area is 168 Å². The number of rotatable bonds is 9. The van der Waals surface area contributed by atoms with Gasteiger partial charge in [0.25, 0.3) is 0 Å². The Hall–Kier alpha value is -1.54. The Morgan fingerprint density at radius 2 is 1.89 bits per heavy atom. The van der Waals surface area contributed by atoms with Gasteiger partial charge in [-0.25, -0.2) is 0 Å². The van der Waals surface area contributed by atoms with Crippen LogP contribution < -0.4 is 5.32 Å². The highest BCUT2D eigenvalue weighted by Crippen LogP contribution is 2.25. The Kier molecular flexibility index (Phi) is 8.37. The summed E-state index contributed by atoms with van der Waals surface area (Å²) in [6.45, 7) is 12.4. The van der Waals surface area contributed by atoms with Crippen molar-refractivity contribution in [3.63, 3.8) is 0 Å². The maximum atomic E-state index is 12.3. The van der Waals surface area contributed by atoms with E-state index in [-0.39, 0.29) is 24.5 Å². The number of carbonyl (C=O) groups is 1. The van der Waals surface area contributed by atoms with Gasteiger partial charge in [-0.05, 0) is 51.0 Å². The van der Waals surface area contributed by atoms with Gasteiger partial charge in [-0.15, -0.1) is 5.10 Å². The molecule has 1 aliphatic carbocycles. The molecule has 0 spiro atoms. The third-order valence-electron chi connectivity index (χ3n) is 4.94. The van der Waals surface area contributed by atoms with Gasteiger partial charge in [-0.3, -0.25) is 4.79 Å². The molecule has 0 bridgehead atoms. The molecule has 0 radical (unpaired) electrons. The fourth-order valence-corrected chi connectivity index (χ4v) is 3.31. The van der Waals surface area contributed by atoms with E-state index in [2.05, 4.69) is 27.8 Å². The lowest BCUT2D eigenvalue weighted by Gasteiger charge is -2.27. The van der Waals surface area contributed by atoms with Crippen molar-refractivity contribution in [2.24, 2.45) is 11.3 Å². The molecular weight excluding hydrogens is 358 g/mol. The van der Waals surface area contributed by atoms with E-state index in [0.717, 1.165) is 0 Å². The summed E-state index contributed by atoms with van der Waals surface area (Å²) in [7, 11) is 0. The van der Waals surface area contributed by atoms with Gasteiger partial charge in [-0.1, -0.05) is 33.1 Å². The van der Waals surface area contributed by atoms with Gasteiger partial charge in [0.2, 0.25) is 6.23 Å². The average molecular weight is 396 g/mol. The van der Waals surface area contributed by atoms with E-state index >= 15 is 0 Å². The van der Waals surface area contributed by atoms with Crippen LogP contribution in [0.15, 0.2) is 0 Å². The van der Waals surface area contributed by atoms with Crippen LogP contribution in [0, 0.1) is 11.3 Å². The number of ether oxygens (including phenoxy) is 2. The molecule has 0 unspecified atom stereocenters. The molecule has 1 N–H and O–H groups in total. The van der Waals surface area contributed by atoms with E-state index in [4.69, 9.17) is 9.47 Å². The maximum Gasteiger partial charge on any atom is 0.313 e. The van der Waals surface area contributed by atoms with Gasteiger partial charge in [0.05, 0.1) is 12.0 Å². The lowest BCUT2D eigenvalue weighted by atomic mass is 9.95. The first-order chi connectivity index (χ1) is 13.2. The Morgan fingerprint density at radius 1 is 1.21 bits per heavy atom. The largest absolute Gasteiger partial charge is 0.439 e. The van der Waals surface area contributed by atoms with Crippen LogP contribution in [0.3, 0.4) is 0 Å². The number of hydrogen-bond acceptors (Lipinski definition) is 7. The standard InChI is InChI=1S/C20H37N5O3/c1-14(2)18(28-19(26)20(4,5)6)25-17(22-23-24-25)13-27-12-15(3)21-16-10-8-7-9-11-16/h14-16,18,21H,7-13H2,1-6H3/t15-,18+/m0/s1. The summed E-state index contributed by atoms with van der Waals surface area (Å²) in [5.41, 5.74) is -0.585. The normalized spacial score (nSPS) is 18.2. The molecule has 1 saturated carbocycles. The number of esters is 1. The molecule has 2 atom stereocenters. The van der Waals surface area contributed by atoms with E-state index in [9.17, 15) is 4.79 Å². The van der Waals surface area contributed by atoms with Crippen molar-refractivity contribution in [3.05, 3.63) is 5.82 Å². The average Bonchev–Trinajstić information content (AvgIpc) is 3.07. The quantitative estimate of drug-likeness (QED) is 0.642. The van der Waals surface area contributed by atoms with Gasteiger partial charge in [0.15, 0.2) is 5.82 Å². The van der Waals surface area contributed by atoms with E-state index in [1.54, 1.807) is 4.68 Å². The smallest absolute Gasteiger partial charge is 0.313 e. The van der Waals surface area contributed by atoms with Crippen molar-refractivity contribution in [3.8, 4) is 0 Å². The summed E-state index contributed by atoms with van der Waals surface area (Å²) < 4.78 is 13.1. The first-order valence-electron chi connectivity index (χ1n) is 10.5. The predicted molar refractivity (Wildman–Crippen MR) is 106 cm³/mol. The van der Waals surface area contributed by atoms with Gasteiger partial charge in [0, 0.05) is 18.0 Å². The zero-order valence-corrected chi connectivity index (χ0v) is 18.3. The van der Waals surface area contributed by atoms with Crippen molar-refractivity contribution in [1.29, 1.82) is 0 Å². The number of carbonyl (C=O) groups excluding carboxylic acids is 1. The molecule has 1 heterocycles. The minimum Gasteiger partial charge on any atom is -0.439 e. The summed E-state index contributed by atoms with van der Waals surface area (Å²) in [5, 5.41) is 15.5. The fraction of sp³-hybridized carbons (Fsp3) is 0.900. The second kappa shape index (κ2) is 10.3. The first kappa shape index (κ1) is 22.7. The molecule has 8 nitrogen and oxygen atoms in total. The number of aromatic nitrogens is 4. The molecular formula is C20H37N5O3. The van der Waals surface area contributed by atoms with Gasteiger partial charge in [-0.2, -0.15) is 4.68 Å². The zero-order valence-electron chi connectivity index (χ0n) is 18.3. The molecule has 1 aliphatic rings. The summed E-state index contributed by atoms with van der Waals surface area (Å²) in [6.07, 6.45) is 5.91. The van der Waals surface area contributed by atoms with Crippen LogP contribution in [0.1, 0.15) is 85.7 Å². The molecule has 1 fully saturated rings. The minimum absolute atomic E-state index is 0.0282. The van der Waals surface area contributed by atoms with Crippen molar-refractivity contribution >= 4 is 5.97 Å². The monoisotopic (exact) mass is 395 g/mol. The van der Waals surface area contributed by atoms with E-state index < -0.39 is 11.6 Å². The Balaban J connectivity index is 1.89. The fourth-order valence-electron chi connectivity index (χ4n) is 3.31. The Morgan fingerprint density at radius 3 is 2.50 bits per heavy atom. The summed E-state index contributed by atoms with van der Waals surface area (Å²) in [4.78, 5) is 12.3. The molecule has 160 valence electrons. The highest BCUT2D eigenvalue weighted by atomic mass is 16.6. The van der Waals surface area contributed by atoms with E-state index in [1.807, 2.05) is 34.6 Å². The van der Waals surface area contributed by atoms with E-state index in [0.29, 0.717) is 18.5 Å². The molecule has 0 amide bonds. The van der Waals surface area contributed by atoms with Crippen molar-refractivity contribution < 1.29 is 14.3 Å². The SMILES string of the molecule is CC(C)[C@@H](OC(=O)C(C)(C)C)n1nnnc1COC[C@H](C)NC1CCCCC1. The van der Waals surface area contributed by atoms with Crippen LogP contribution >= 0.6 is 0 Å². The van der Waals surface area contributed by atoms with Crippen LogP contribution in [-0.4, -0.2) is 44.9 Å². The Bertz CT molecular complexity index is 605. The summed E-state index contributed by atoms with van der Waals surface area (Å²) >= 11 is 0. The predicted octanol–water partition coefficient (Wildman–Crippen LogP) is 3.24. The lowest BCUT2D eigenvalue weighted by Crippen LogP contribution is -2.40. The van der Waals surface area contributed by atoms with E-state index in [1.165, 1.54) is 32.1 Å². The van der Waals surface area contributed by atoms with Crippen LogP contribution in [0.2, 0.25) is 0 Å². The molecule has 2 rings (SSSR count). The van der Waals surface area contributed by atoms with Gasteiger partial charge >= 0.3 is 5.97 Å². The zero-order chi connectivity index (χ0) is 20.7. The van der Waals surface area contributed by atoms with Crippen molar-refractivity contribution in [1.82, 2.24) is 25.5 Å². The second-order valence-corrected chi connectivity index (χ2v) is 9.25. The molecule has 0 saturated heterocycles. The third-order valence-corrected chi connectivity index (χ3v) is 4.94. The second-order valence-electron chi connectivity index (χ2n) is 9.25. The van der Waals surface area contributed by atoms with Crippen LogP contribution in [0.4, 0.5) is 0 Å². The molecule has 8 heteroatoms. The molecule has 1 aromatic heterocycles. The third kappa shape index (κ3) is 6.81. The lowest BCUT2D eigenvalue weighted by molar-refractivity contribution is -0.168. The highest BCUT2D eigenvalue weighted by Gasteiger charge is 2.30. The van der Waals surface area contributed by atoms with Crippen LogP contribution in [0.5, 0.6) is 0 Å².